The van der Waals surface area contributed by atoms with Crippen molar-refractivity contribution in [3.05, 3.63) is 70.8 Å². The van der Waals surface area contributed by atoms with Crippen molar-refractivity contribution in [3.8, 4) is 17.2 Å². The average molecular weight is 440 g/mol. The van der Waals surface area contributed by atoms with Crippen LogP contribution in [0.2, 0.25) is 0 Å². The lowest BCUT2D eigenvalue weighted by atomic mass is 10.2. The second-order valence-corrected chi connectivity index (χ2v) is 7.06. The molecule has 0 aliphatic heterocycles. The van der Waals surface area contributed by atoms with E-state index in [1.165, 1.54) is 25.3 Å². The molecule has 2 aromatic carbocycles. The van der Waals surface area contributed by atoms with Crippen molar-refractivity contribution in [2.75, 3.05) is 13.7 Å². The number of methoxy groups -OCH3 is 1. The molecule has 3 rings (SSSR count). The molecular weight excluding hydrogens is 415 g/mol. The number of benzene rings is 2. The SMILES string of the molecule is CCCOc1ccc(C(=O)NNC(=O)c2c(C)nn(-c3ccc(F)cc3)c2C)cc1OC. The summed E-state index contributed by atoms with van der Waals surface area (Å²) in [6.07, 6.45) is 0.841. The summed E-state index contributed by atoms with van der Waals surface area (Å²) < 4.78 is 25.6. The number of ether oxygens (including phenoxy) is 2. The molecule has 9 heteroatoms. The van der Waals surface area contributed by atoms with Crippen LogP contribution in [0.4, 0.5) is 4.39 Å². The monoisotopic (exact) mass is 440 g/mol. The zero-order valence-electron chi connectivity index (χ0n) is 18.4. The maximum Gasteiger partial charge on any atom is 0.273 e. The van der Waals surface area contributed by atoms with Gasteiger partial charge in [-0.3, -0.25) is 20.4 Å². The lowest BCUT2D eigenvalue weighted by Crippen LogP contribution is -2.42. The number of nitrogens with one attached hydrogen (secondary N) is 2. The van der Waals surface area contributed by atoms with Crippen LogP contribution in [0.15, 0.2) is 42.5 Å². The second-order valence-electron chi connectivity index (χ2n) is 7.06. The van der Waals surface area contributed by atoms with E-state index in [1.54, 1.807) is 42.8 Å². The predicted octanol–water partition coefficient (Wildman–Crippen LogP) is 3.50. The number of aryl methyl sites for hydroxylation is 1. The molecule has 2 N–H and O–H groups in total. The Kier molecular flexibility index (Phi) is 7.09. The first-order chi connectivity index (χ1) is 15.3. The molecule has 2 amide bonds. The molecule has 32 heavy (non-hydrogen) atoms. The Morgan fingerprint density at radius 1 is 1.03 bits per heavy atom. The summed E-state index contributed by atoms with van der Waals surface area (Å²) >= 11 is 0. The lowest BCUT2D eigenvalue weighted by Gasteiger charge is -2.12. The van der Waals surface area contributed by atoms with E-state index < -0.39 is 11.8 Å². The van der Waals surface area contributed by atoms with Gasteiger partial charge in [-0.25, -0.2) is 9.07 Å². The molecule has 0 spiro atoms. The van der Waals surface area contributed by atoms with E-state index in [-0.39, 0.29) is 5.82 Å². The van der Waals surface area contributed by atoms with Crippen molar-refractivity contribution < 1.29 is 23.5 Å². The smallest absolute Gasteiger partial charge is 0.273 e. The first-order valence-electron chi connectivity index (χ1n) is 10.1. The van der Waals surface area contributed by atoms with Gasteiger partial charge >= 0.3 is 0 Å². The highest BCUT2D eigenvalue weighted by Gasteiger charge is 2.20. The first kappa shape index (κ1) is 22.8. The van der Waals surface area contributed by atoms with Crippen molar-refractivity contribution in [2.45, 2.75) is 27.2 Å². The van der Waals surface area contributed by atoms with Crippen molar-refractivity contribution in [2.24, 2.45) is 0 Å². The van der Waals surface area contributed by atoms with Gasteiger partial charge in [0.25, 0.3) is 11.8 Å². The molecule has 0 atom stereocenters. The highest BCUT2D eigenvalue weighted by molar-refractivity contribution is 6.00. The third-order valence-corrected chi connectivity index (χ3v) is 4.77. The molecule has 1 heterocycles. The van der Waals surface area contributed by atoms with Gasteiger partial charge in [0.15, 0.2) is 11.5 Å². The van der Waals surface area contributed by atoms with Crippen LogP contribution in [-0.4, -0.2) is 35.3 Å². The van der Waals surface area contributed by atoms with E-state index in [1.807, 2.05) is 6.92 Å². The number of rotatable bonds is 7. The summed E-state index contributed by atoms with van der Waals surface area (Å²) in [5, 5.41) is 4.36. The van der Waals surface area contributed by atoms with Gasteiger partial charge in [0.2, 0.25) is 0 Å². The molecule has 0 bridgehead atoms. The van der Waals surface area contributed by atoms with Crippen LogP contribution >= 0.6 is 0 Å². The number of nitrogens with zero attached hydrogens (tertiary/aromatic N) is 2. The van der Waals surface area contributed by atoms with E-state index in [0.29, 0.717) is 46.3 Å². The topological polar surface area (TPSA) is 94.5 Å². The third kappa shape index (κ3) is 4.88. The van der Waals surface area contributed by atoms with Crippen LogP contribution < -0.4 is 20.3 Å². The van der Waals surface area contributed by atoms with Crippen molar-refractivity contribution in [3.63, 3.8) is 0 Å². The van der Waals surface area contributed by atoms with E-state index in [0.717, 1.165) is 6.42 Å². The fourth-order valence-electron chi connectivity index (χ4n) is 3.19. The molecule has 1 aromatic heterocycles. The summed E-state index contributed by atoms with van der Waals surface area (Å²) in [5.74, 6) is -0.437. The number of aromatic nitrogens is 2. The minimum absolute atomic E-state index is 0.293. The summed E-state index contributed by atoms with van der Waals surface area (Å²) in [7, 11) is 1.49. The molecule has 0 aliphatic carbocycles. The number of carbonyl (C=O) groups excluding carboxylic acids is 2. The Morgan fingerprint density at radius 3 is 2.38 bits per heavy atom. The summed E-state index contributed by atoms with van der Waals surface area (Å²) in [5.41, 5.74) is 7.07. The van der Waals surface area contributed by atoms with E-state index in [2.05, 4.69) is 16.0 Å². The van der Waals surface area contributed by atoms with Gasteiger partial charge in [0, 0.05) is 5.56 Å². The Morgan fingerprint density at radius 2 is 1.72 bits per heavy atom. The zero-order chi connectivity index (χ0) is 23.3. The largest absolute Gasteiger partial charge is 0.493 e. The summed E-state index contributed by atoms with van der Waals surface area (Å²) in [6.45, 7) is 5.93. The van der Waals surface area contributed by atoms with Gasteiger partial charge in [-0.05, 0) is 62.7 Å². The maximum absolute atomic E-state index is 13.2. The number of hydrogen-bond acceptors (Lipinski definition) is 5. The van der Waals surface area contributed by atoms with Gasteiger partial charge in [-0.15, -0.1) is 0 Å². The number of hydrazine groups is 1. The van der Waals surface area contributed by atoms with Crippen molar-refractivity contribution in [1.82, 2.24) is 20.6 Å². The minimum atomic E-state index is -0.517. The average Bonchev–Trinajstić information content (AvgIpc) is 3.10. The second kappa shape index (κ2) is 9.95. The minimum Gasteiger partial charge on any atom is -0.493 e. The Hall–Kier alpha value is -3.88. The lowest BCUT2D eigenvalue weighted by molar-refractivity contribution is 0.0845. The van der Waals surface area contributed by atoms with Crippen LogP contribution in [0, 0.1) is 19.7 Å². The van der Waals surface area contributed by atoms with Crippen LogP contribution in [0.3, 0.4) is 0 Å². The Bertz CT molecular complexity index is 1130. The third-order valence-electron chi connectivity index (χ3n) is 4.77. The number of hydrogen-bond donors (Lipinski definition) is 2. The maximum atomic E-state index is 13.2. The first-order valence-corrected chi connectivity index (χ1v) is 10.1. The Labute approximate surface area is 185 Å². The number of carbonyl (C=O) groups is 2. The van der Waals surface area contributed by atoms with Gasteiger partial charge in [0.05, 0.1) is 36.4 Å². The van der Waals surface area contributed by atoms with Crippen LogP contribution in [0.5, 0.6) is 11.5 Å². The van der Waals surface area contributed by atoms with E-state index in [4.69, 9.17) is 9.47 Å². The standard InChI is InChI=1S/C23H25FN4O4/c1-5-12-32-19-11-6-16(13-20(19)31-4)22(29)25-26-23(30)21-14(2)27-28(15(21)3)18-9-7-17(24)8-10-18/h6-11,13H,5,12H2,1-4H3,(H,25,29)(H,26,30). The molecular formula is C23H25FN4O4. The molecule has 0 fully saturated rings. The number of amides is 2. The Balaban J connectivity index is 1.72. The number of halogens is 1. The molecule has 8 nitrogen and oxygen atoms in total. The molecule has 0 saturated carbocycles. The highest BCUT2D eigenvalue weighted by atomic mass is 19.1. The van der Waals surface area contributed by atoms with Gasteiger partial charge in [-0.2, -0.15) is 5.10 Å². The zero-order valence-corrected chi connectivity index (χ0v) is 18.4. The van der Waals surface area contributed by atoms with Gasteiger partial charge in [0.1, 0.15) is 5.82 Å². The van der Waals surface area contributed by atoms with Crippen molar-refractivity contribution in [1.29, 1.82) is 0 Å². The fraction of sp³-hybridized carbons (Fsp3) is 0.261. The van der Waals surface area contributed by atoms with Crippen LogP contribution in [0.1, 0.15) is 45.4 Å². The summed E-state index contributed by atoms with van der Waals surface area (Å²) in [4.78, 5) is 25.3. The van der Waals surface area contributed by atoms with Crippen LogP contribution in [-0.2, 0) is 0 Å². The molecule has 0 radical (unpaired) electrons. The molecule has 168 valence electrons. The van der Waals surface area contributed by atoms with Gasteiger partial charge < -0.3 is 9.47 Å². The quantitative estimate of drug-likeness (QED) is 0.549. The van der Waals surface area contributed by atoms with Crippen molar-refractivity contribution >= 4 is 11.8 Å². The van der Waals surface area contributed by atoms with Gasteiger partial charge in [-0.1, -0.05) is 6.92 Å². The highest BCUT2D eigenvalue weighted by Crippen LogP contribution is 2.28. The van der Waals surface area contributed by atoms with E-state index >= 15 is 0 Å². The molecule has 0 unspecified atom stereocenters. The molecule has 3 aromatic rings. The van der Waals surface area contributed by atoms with Crippen LogP contribution in [0.25, 0.3) is 5.69 Å². The summed E-state index contributed by atoms with van der Waals surface area (Å²) in [6, 6.07) is 10.5. The fourth-order valence-corrected chi connectivity index (χ4v) is 3.19. The normalized spacial score (nSPS) is 10.5. The molecule has 0 saturated heterocycles. The van der Waals surface area contributed by atoms with E-state index in [9.17, 15) is 14.0 Å². The molecule has 0 aliphatic rings. The predicted molar refractivity (Wildman–Crippen MR) is 117 cm³/mol.